The van der Waals surface area contributed by atoms with Crippen molar-refractivity contribution in [3.05, 3.63) is 53.8 Å². The smallest absolute Gasteiger partial charge is 0.263 e. The summed E-state index contributed by atoms with van der Waals surface area (Å²) in [6, 6.07) is 9.42. The third-order valence-corrected chi connectivity index (χ3v) is 8.19. The van der Waals surface area contributed by atoms with Crippen molar-refractivity contribution in [1.82, 2.24) is 9.78 Å². The number of hydrogen-bond acceptors (Lipinski definition) is 6. The molecule has 1 N–H and O–H groups in total. The highest BCUT2D eigenvalue weighted by atomic mass is 32.2. The van der Waals surface area contributed by atoms with Crippen LogP contribution in [0.15, 0.2) is 52.0 Å². The summed E-state index contributed by atoms with van der Waals surface area (Å²) < 4.78 is 59.2. The first-order chi connectivity index (χ1) is 13.6. The molecule has 0 spiro atoms. The minimum atomic E-state index is -3.88. The Bertz CT molecular complexity index is 1260. The van der Waals surface area contributed by atoms with Crippen molar-refractivity contribution in [3.8, 4) is 11.5 Å². The molecule has 0 bridgehead atoms. The third kappa shape index (κ3) is 3.95. The lowest BCUT2D eigenvalue weighted by atomic mass is 10.1. The summed E-state index contributed by atoms with van der Waals surface area (Å²) in [5.41, 5.74) is 2.28. The maximum absolute atomic E-state index is 13.0. The van der Waals surface area contributed by atoms with Gasteiger partial charge >= 0.3 is 0 Å². The van der Waals surface area contributed by atoms with Crippen molar-refractivity contribution in [1.29, 1.82) is 0 Å². The second-order valence-corrected chi connectivity index (χ2v) is 11.2. The lowest BCUT2D eigenvalue weighted by molar-refractivity contribution is 0.504. The fourth-order valence-corrected chi connectivity index (χ4v) is 6.16. The summed E-state index contributed by atoms with van der Waals surface area (Å²) in [4.78, 5) is 0.131. The normalized spacial score (nSPS) is 18.8. The monoisotopic (exact) mass is 435 g/mol. The fourth-order valence-electron chi connectivity index (χ4n) is 3.34. The van der Waals surface area contributed by atoms with E-state index in [1.54, 1.807) is 36.4 Å². The third-order valence-electron chi connectivity index (χ3n) is 5.09. The summed E-state index contributed by atoms with van der Waals surface area (Å²) in [6.45, 7) is 3.75. The number of furan rings is 1. The van der Waals surface area contributed by atoms with Gasteiger partial charge in [0.05, 0.1) is 28.7 Å². The summed E-state index contributed by atoms with van der Waals surface area (Å²) in [7, 11) is -7.05. The molecule has 3 heterocycles. The first-order valence-corrected chi connectivity index (χ1v) is 12.4. The summed E-state index contributed by atoms with van der Waals surface area (Å²) in [5.74, 6) is 0.648. The van der Waals surface area contributed by atoms with Gasteiger partial charge < -0.3 is 4.42 Å². The van der Waals surface area contributed by atoms with Gasteiger partial charge in [-0.15, -0.1) is 0 Å². The first kappa shape index (κ1) is 19.7. The van der Waals surface area contributed by atoms with Crippen LogP contribution >= 0.6 is 0 Å². The molecule has 0 saturated carbocycles. The van der Waals surface area contributed by atoms with Crippen molar-refractivity contribution in [2.75, 3.05) is 16.2 Å². The van der Waals surface area contributed by atoms with E-state index >= 15 is 0 Å². The zero-order valence-corrected chi connectivity index (χ0v) is 17.6. The van der Waals surface area contributed by atoms with Gasteiger partial charge in [-0.05, 0) is 55.7 Å². The fraction of sp³-hybridized carbons (Fsp3) is 0.316. The van der Waals surface area contributed by atoms with E-state index < -0.39 is 25.9 Å². The van der Waals surface area contributed by atoms with Crippen LogP contribution < -0.4 is 4.72 Å². The zero-order valence-electron chi connectivity index (χ0n) is 16.0. The molecule has 10 heteroatoms. The number of nitrogens with zero attached hydrogens (tertiary/aromatic N) is 2. The van der Waals surface area contributed by atoms with E-state index in [0.717, 1.165) is 11.1 Å². The lowest BCUT2D eigenvalue weighted by Crippen LogP contribution is -2.20. The zero-order chi connectivity index (χ0) is 20.8. The SMILES string of the molecule is Cc1ccc(S(=O)(=O)Nc2cc(-c3ccco3)nn2[C@@H]2CCS(=O)(=O)C2)cc1C. The van der Waals surface area contributed by atoms with Crippen molar-refractivity contribution in [2.24, 2.45) is 0 Å². The number of sulfone groups is 1. The molecule has 154 valence electrons. The van der Waals surface area contributed by atoms with Crippen LogP contribution in [0.4, 0.5) is 5.82 Å². The van der Waals surface area contributed by atoms with E-state index in [0.29, 0.717) is 17.9 Å². The molecule has 4 rings (SSSR count). The minimum absolute atomic E-state index is 0.0525. The number of rotatable bonds is 5. The number of anilines is 1. The van der Waals surface area contributed by atoms with E-state index in [-0.39, 0.29) is 22.2 Å². The Kier molecular flexibility index (Phi) is 4.78. The predicted octanol–water partition coefficient (Wildman–Crippen LogP) is 2.92. The van der Waals surface area contributed by atoms with E-state index in [2.05, 4.69) is 9.82 Å². The number of hydrogen-bond donors (Lipinski definition) is 1. The average molecular weight is 436 g/mol. The molecule has 1 aromatic carbocycles. The van der Waals surface area contributed by atoms with Gasteiger partial charge in [0.25, 0.3) is 10.0 Å². The molecule has 8 nitrogen and oxygen atoms in total. The van der Waals surface area contributed by atoms with Crippen LogP contribution in [0.1, 0.15) is 23.6 Å². The molecule has 0 unspecified atom stereocenters. The van der Waals surface area contributed by atoms with E-state index in [1.165, 1.54) is 10.9 Å². The van der Waals surface area contributed by atoms with Crippen LogP contribution in [-0.2, 0) is 19.9 Å². The van der Waals surface area contributed by atoms with Gasteiger partial charge in [0.15, 0.2) is 15.6 Å². The van der Waals surface area contributed by atoms with Gasteiger partial charge in [-0.25, -0.2) is 21.5 Å². The largest absolute Gasteiger partial charge is 0.463 e. The highest BCUT2D eigenvalue weighted by molar-refractivity contribution is 7.92. The Hall–Kier alpha value is -2.59. The molecule has 1 atom stereocenters. The number of aromatic nitrogens is 2. The van der Waals surface area contributed by atoms with Crippen molar-refractivity contribution in [3.63, 3.8) is 0 Å². The number of aryl methyl sites for hydroxylation is 2. The maximum Gasteiger partial charge on any atom is 0.263 e. The lowest BCUT2D eigenvalue weighted by Gasteiger charge is -2.15. The molecule has 2 aromatic heterocycles. The molecule has 1 aliphatic heterocycles. The standard InChI is InChI=1S/C19H21N3O5S2/c1-13-5-6-16(10-14(13)2)29(25,26)21-19-11-17(18-4-3-8-27-18)20-22(19)15-7-9-28(23,24)12-15/h3-6,8,10-11,15,21H,7,9,12H2,1-2H3/t15-/m1/s1. The molecule has 3 aromatic rings. The second kappa shape index (κ2) is 7.03. The molecule has 0 radical (unpaired) electrons. The Morgan fingerprint density at radius 3 is 2.59 bits per heavy atom. The summed E-state index contributed by atoms with van der Waals surface area (Å²) in [6.07, 6.45) is 1.87. The highest BCUT2D eigenvalue weighted by Gasteiger charge is 2.32. The summed E-state index contributed by atoms with van der Waals surface area (Å²) in [5, 5.41) is 4.44. The molecule has 29 heavy (non-hydrogen) atoms. The van der Waals surface area contributed by atoms with Gasteiger partial charge in [0, 0.05) is 6.07 Å². The average Bonchev–Trinajstić information content (AvgIpc) is 3.36. The van der Waals surface area contributed by atoms with Crippen LogP contribution in [0.5, 0.6) is 0 Å². The van der Waals surface area contributed by atoms with Gasteiger partial charge in [-0.3, -0.25) is 4.72 Å². The molecular weight excluding hydrogens is 414 g/mol. The Morgan fingerprint density at radius 2 is 1.97 bits per heavy atom. The second-order valence-electron chi connectivity index (χ2n) is 7.25. The number of nitrogens with one attached hydrogen (secondary N) is 1. The Morgan fingerprint density at radius 1 is 1.17 bits per heavy atom. The Balaban J connectivity index is 1.74. The van der Waals surface area contributed by atoms with Crippen LogP contribution in [-0.4, -0.2) is 38.1 Å². The molecule has 1 saturated heterocycles. The Labute approximate surface area is 169 Å². The molecule has 0 amide bonds. The van der Waals surface area contributed by atoms with Crippen molar-refractivity contribution < 1.29 is 21.3 Å². The molecule has 0 aliphatic carbocycles. The first-order valence-electron chi connectivity index (χ1n) is 9.08. The van der Waals surface area contributed by atoms with E-state index in [9.17, 15) is 16.8 Å². The van der Waals surface area contributed by atoms with Gasteiger partial charge in [-0.1, -0.05) is 6.07 Å². The number of sulfonamides is 1. The number of benzene rings is 1. The van der Waals surface area contributed by atoms with E-state index in [1.807, 2.05) is 13.8 Å². The summed E-state index contributed by atoms with van der Waals surface area (Å²) >= 11 is 0. The highest BCUT2D eigenvalue weighted by Crippen LogP contribution is 2.31. The van der Waals surface area contributed by atoms with E-state index in [4.69, 9.17) is 4.42 Å². The van der Waals surface area contributed by atoms with Crippen molar-refractivity contribution in [2.45, 2.75) is 31.2 Å². The van der Waals surface area contributed by atoms with Crippen LogP contribution in [0.2, 0.25) is 0 Å². The molecular formula is C19H21N3O5S2. The van der Waals surface area contributed by atoms with Crippen molar-refractivity contribution >= 4 is 25.7 Å². The molecule has 1 fully saturated rings. The topological polar surface area (TPSA) is 111 Å². The van der Waals surface area contributed by atoms with Crippen LogP contribution in [0, 0.1) is 13.8 Å². The predicted molar refractivity (Wildman–Crippen MR) is 109 cm³/mol. The maximum atomic E-state index is 13.0. The van der Waals surface area contributed by atoms with Crippen LogP contribution in [0.3, 0.4) is 0 Å². The molecule has 1 aliphatic rings. The quantitative estimate of drug-likeness (QED) is 0.660. The minimum Gasteiger partial charge on any atom is -0.463 e. The van der Waals surface area contributed by atoms with Gasteiger partial charge in [-0.2, -0.15) is 5.10 Å². The van der Waals surface area contributed by atoms with Gasteiger partial charge in [0.2, 0.25) is 0 Å². The van der Waals surface area contributed by atoms with Crippen LogP contribution in [0.25, 0.3) is 11.5 Å². The van der Waals surface area contributed by atoms with Gasteiger partial charge in [0.1, 0.15) is 11.5 Å².